The van der Waals surface area contributed by atoms with Crippen LogP contribution in [0.15, 0.2) is 77.3 Å². The molecule has 0 aliphatic carbocycles. The fourth-order valence-corrected chi connectivity index (χ4v) is 4.19. The average molecular weight is 466 g/mol. The first-order valence-corrected chi connectivity index (χ1v) is 10.9. The molecule has 0 saturated carbocycles. The number of rotatable bonds is 5. The second-order valence-corrected chi connectivity index (χ2v) is 8.38. The standard InChI is InChI=1S/C25H25BrN2O2/c1-3-30-24-7-5-4-6-19(24)25-27-21(17-10-8-16(2)9-11-17)15-22(28-25)20-14-18(26)12-13-23(20)29/h4-15,22,25,27-29H,3H2,1-2H3/p+1. The van der Waals surface area contributed by atoms with Gasteiger partial charge in [0.2, 0.25) is 0 Å². The Kier molecular flexibility index (Phi) is 6.11. The van der Waals surface area contributed by atoms with E-state index in [2.05, 4.69) is 69.9 Å². The fraction of sp³-hybridized carbons (Fsp3) is 0.200. The van der Waals surface area contributed by atoms with Gasteiger partial charge < -0.3 is 20.5 Å². The molecule has 154 valence electrons. The maximum Gasteiger partial charge on any atom is 0.190 e. The smallest absolute Gasteiger partial charge is 0.190 e. The Labute approximate surface area is 185 Å². The summed E-state index contributed by atoms with van der Waals surface area (Å²) in [7, 11) is 0. The number of aryl methyl sites for hydroxylation is 1. The largest absolute Gasteiger partial charge is 0.507 e. The van der Waals surface area contributed by atoms with Gasteiger partial charge in [-0.15, -0.1) is 0 Å². The molecule has 1 aliphatic heterocycles. The monoisotopic (exact) mass is 465 g/mol. The first-order chi connectivity index (χ1) is 14.5. The van der Waals surface area contributed by atoms with Crippen LogP contribution < -0.4 is 15.4 Å². The van der Waals surface area contributed by atoms with E-state index in [-0.39, 0.29) is 18.0 Å². The Hall–Kier alpha value is -2.76. The summed E-state index contributed by atoms with van der Waals surface area (Å²) in [5, 5.41) is 16.5. The SMILES string of the molecule is CCOc1ccccc1C1NC(c2ccc(C)cc2)=CC(c2cc(Br)ccc2O)[NH2+]1. The van der Waals surface area contributed by atoms with E-state index < -0.39 is 0 Å². The van der Waals surface area contributed by atoms with Crippen LogP contribution in [0, 0.1) is 6.92 Å². The Morgan fingerprint density at radius 1 is 1.03 bits per heavy atom. The van der Waals surface area contributed by atoms with Gasteiger partial charge in [-0.25, -0.2) is 0 Å². The Bertz CT molecular complexity index is 1060. The molecule has 3 aromatic carbocycles. The first kappa shape index (κ1) is 20.5. The quantitative estimate of drug-likeness (QED) is 0.506. The molecule has 0 spiro atoms. The Balaban J connectivity index is 1.78. The number of phenols is 1. The number of hydrogen-bond acceptors (Lipinski definition) is 3. The van der Waals surface area contributed by atoms with Crippen molar-refractivity contribution < 1.29 is 15.2 Å². The second-order valence-electron chi connectivity index (χ2n) is 7.46. The second kappa shape index (κ2) is 8.94. The molecule has 4 N–H and O–H groups in total. The molecule has 3 aromatic rings. The van der Waals surface area contributed by atoms with Crippen molar-refractivity contribution in [3.8, 4) is 11.5 Å². The molecule has 0 fully saturated rings. The normalized spacial score (nSPS) is 18.4. The van der Waals surface area contributed by atoms with Crippen LogP contribution in [0.1, 0.15) is 41.4 Å². The summed E-state index contributed by atoms with van der Waals surface area (Å²) >= 11 is 3.54. The van der Waals surface area contributed by atoms with E-state index >= 15 is 0 Å². The minimum atomic E-state index is -0.0579. The van der Waals surface area contributed by atoms with Crippen LogP contribution >= 0.6 is 15.9 Å². The lowest BCUT2D eigenvalue weighted by Crippen LogP contribution is -2.89. The molecule has 0 saturated heterocycles. The molecule has 1 heterocycles. The summed E-state index contributed by atoms with van der Waals surface area (Å²) in [5.41, 5.74) is 5.33. The predicted octanol–water partition coefficient (Wildman–Crippen LogP) is 4.81. The number of ether oxygens (including phenoxy) is 1. The highest BCUT2D eigenvalue weighted by Gasteiger charge is 2.31. The molecule has 0 radical (unpaired) electrons. The van der Waals surface area contributed by atoms with Crippen molar-refractivity contribution in [3.05, 3.63) is 99.5 Å². The highest BCUT2D eigenvalue weighted by atomic mass is 79.9. The van der Waals surface area contributed by atoms with Crippen molar-refractivity contribution >= 4 is 21.6 Å². The minimum Gasteiger partial charge on any atom is -0.507 e. The molecule has 0 bridgehead atoms. The lowest BCUT2D eigenvalue weighted by atomic mass is 9.97. The van der Waals surface area contributed by atoms with Crippen LogP contribution in [0.25, 0.3) is 5.70 Å². The minimum absolute atomic E-state index is 0.0558. The van der Waals surface area contributed by atoms with Crippen molar-refractivity contribution in [3.63, 3.8) is 0 Å². The van der Waals surface area contributed by atoms with E-state index in [1.165, 1.54) is 5.56 Å². The van der Waals surface area contributed by atoms with Gasteiger partial charge in [-0.05, 0) is 49.7 Å². The Morgan fingerprint density at radius 3 is 2.57 bits per heavy atom. The van der Waals surface area contributed by atoms with Crippen molar-refractivity contribution in [1.29, 1.82) is 0 Å². The molecule has 0 amide bonds. The van der Waals surface area contributed by atoms with E-state index in [9.17, 15) is 5.11 Å². The zero-order chi connectivity index (χ0) is 21.1. The third kappa shape index (κ3) is 4.37. The third-order valence-electron chi connectivity index (χ3n) is 5.32. The Morgan fingerprint density at radius 2 is 1.80 bits per heavy atom. The van der Waals surface area contributed by atoms with Crippen molar-refractivity contribution in [2.45, 2.75) is 26.1 Å². The number of aromatic hydroxyl groups is 1. The molecule has 30 heavy (non-hydrogen) atoms. The molecule has 4 nitrogen and oxygen atoms in total. The van der Waals surface area contributed by atoms with Gasteiger partial charge in [0.25, 0.3) is 0 Å². The van der Waals surface area contributed by atoms with Crippen LogP contribution in [0.5, 0.6) is 11.5 Å². The molecule has 5 heteroatoms. The van der Waals surface area contributed by atoms with Crippen molar-refractivity contribution in [2.75, 3.05) is 6.61 Å². The van der Waals surface area contributed by atoms with Gasteiger partial charge >= 0.3 is 0 Å². The summed E-state index contributed by atoms with van der Waals surface area (Å²) in [5.74, 6) is 1.16. The lowest BCUT2D eigenvalue weighted by molar-refractivity contribution is -0.731. The highest BCUT2D eigenvalue weighted by Crippen LogP contribution is 2.32. The van der Waals surface area contributed by atoms with E-state index in [0.29, 0.717) is 6.61 Å². The summed E-state index contributed by atoms with van der Waals surface area (Å²) in [4.78, 5) is 0. The van der Waals surface area contributed by atoms with Gasteiger partial charge in [0.05, 0.1) is 17.7 Å². The van der Waals surface area contributed by atoms with Crippen LogP contribution in [-0.2, 0) is 0 Å². The number of benzene rings is 3. The fourth-order valence-electron chi connectivity index (χ4n) is 3.81. The molecule has 2 unspecified atom stereocenters. The van der Waals surface area contributed by atoms with E-state index in [1.54, 1.807) is 6.07 Å². The summed E-state index contributed by atoms with van der Waals surface area (Å²) in [6.07, 6.45) is 2.11. The maximum absolute atomic E-state index is 10.6. The average Bonchev–Trinajstić information content (AvgIpc) is 2.76. The van der Waals surface area contributed by atoms with Gasteiger partial charge in [-0.1, -0.05) is 57.9 Å². The van der Waals surface area contributed by atoms with Crippen LogP contribution in [0.3, 0.4) is 0 Å². The summed E-state index contributed by atoms with van der Waals surface area (Å²) in [6.45, 7) is 4.69. The molecular weight excluding hydrogens is 440 g/mol. The number of nitrogens with two attached hydrogens (primary N) is 1. The van der Waals surface area contributed by atoms with E-state index in [1.807, 2.05) is 37.3 Å². The van der Waals surface area contributed by atoms with Gasteiger partial charge in [-0.3, -0.25) is 0 Å². The number of nitrogens with one attached hydrogen (secondary N) is 1. The van der Waals surface area contributed by atoms with Gasteiger partial charge in [-0.2, -0.15) is 0 Å². The van der Waals surface area contributed by atoms with E-state index in [4.69, 9.17) is 4.74 Å². The maximum atomic E-state index is 10.6. The molecule has 1 aliphatic rings. The zero-order valence-electron chi connectivity index (χ0n) is 17.1. The van der Waals surface area contributed by atoms with Gasteiger partial charge in [0.1, 0.15) is 17.5 Å². The lowest BCUT2D eigenvalue weighted by Gasteiger charge is -2.31. The molecular formula is C25H26BrN2O2+. The number of para-hydroxylation sites is 1. The van der Waals surface area contributed by atoms with Crippen LogP contribution in [-0.4, -0.2) is 11.7 Å². The molecule has 4 rings (SSSR count). The van der Waals surface area contributed by atoms with Gasteiger partial charge in [0, 0.05) is 16.2 Å². The highest BCUT2D eigenvalue weighted by molar-refractivity contribution is 9.10. The molecule has 0 aromatic heterocycles. The van der Waals surface area contributed by atoms with Crippen molar-refractivity contribution in [2.24, 2.45) is 0 Å². The topological polar surface area (TPSA) is 58.1 Å². The van der Waals surface area contributed by atoms with Crippen molar-refractivity contribution in [1.82, 2.24) is 5.32 Å². The number of phenolic OH excluding ortho intramolecular Hbond substituents is 1. The van der Waals surface area contributed by atoms with Crippen LogP contribution in [0.4, 0.5) is 0 Å². The third-order valence-corrected chi connectivity index (χ3v) is 5.82. The van der Waals surface area contributed by atoms with Crippen LogP contribution in [0.2, 0.25) is 0 Å². The predicted molar refractivity (Wildman–Crippen MR) is 123 cm³/mol. The summed E-state index contributed by atoms with van der Waals surface area (Å²) in [6, 6.07) is 22.1. The van der Waals surface area contributed by atoms with E-state index in [0.717, 1.165) is 32.6 Å². The zero-order valence-corrected chi connectivity index (χ0v) is 18.7. The molecule has 2 atom stereocenters. The first-order valence-electron chi connectivity index (χ1n) is 10.2. The number of halogens is 1. The number of quaternary nitrogens is 1. The van der Waals surface area contributed by atoms with Gasteiger partial charge in [0.15, 0.2) is 6.17 Å². The number of hydrogen-bond donors (Lipinski definition) is 3. The summed E-state index contributed by atoms with van der Waals surface area (Å²) < 4.78 is 6.84.